The first-order valence-corrected chi connectivity index (χ1v) is 33.0. The van der Waals surface area contributed by atoms with Gasteiger partial charge in [0.05, 0.1) is 48.0 Å². The number of halogens is 1. The average Bonchev–Trinajstić information content (AvgIpc) is 3.37. The number of rotatable bonds is 16. The molecule has 7 fully saturated rings. The van der Waals surface area contributed by atoms with Gasteiger partial charge in [-0.1, -0.05) is 122 Å². The Morgan fingerprint density at radius 3 is 1.99 bits per heavy atom. The van der Waals surface area contributed by atoms with Crippen LogP contribution in [-0.4, -0.2) is 101 Å². The van der Waals surface area contributed by atoms with Crippen LogP contribution in [0.25, 0.3) is 0 Å². The zero-order valence-corrected chi connectivity index (χ0v) is 51.6. The molecule has 8 aliphatic rings. The number of Topliss-reactive ketones (excluding diaryl/α,β-unsaturated/α-hetero) is 1. The first-order valence-electron chi connectivity index (χ1n) is 30.1. The van der Waals surface area contributed by atoms with Crippen molar-refractivity contribution < 1.29 is 52.0 Å². The van der Waals surface area contributed by atoms with Gasteiger partial charge in [0.25, 0.3) is 0 Å². The molecular formula is C62H103ClO11Si. The van der Waals surface area contributed by atoms with Gasteiger partial charge in [0.15, 0.2) is 33.0 Å². The molecule has 9 unspecified atom stereocenters. The Bertz CT molecular complexity index is 2090. The second-order valence-corrected chi connectivity index (χ2v) is 33.2. The maximum absolute atomic E-state index is 14.3. The van der Waals surface area contributed by atoms with Gasteiger partial charge in [-0.3, -0.25) is 9.59 Å². The third-order valence-corrected chi connectivity index (χ3v) is 29.3. The second-order valence-electron chi connectivity index (χ2n) is 28.1. The largest absolute Gasteiger partial charge is 0.408 e. The lowest BCUT2D eigenvalue weighted by atomic mass is 9.33. The fourth-order valence-corrected chi connectivity index (χ4v) is 21.4. The van der Waals surface area contributed by atoms with Crippen molar-refractivity contribution in [2.24, 2.45) is 85.8 Å². The quantitative estimate of drug-likeness (QED) is 0.0482. The van der Waals surface area contributed by atoms with E-state index in [0.717, 1.165) is 75.9 Å². The standard InChI is InChI=1S/C62H103ClO11Si/c1-19-44-37(7)38(8)51(74-75(20-2,21-3)22-4)54(69-44)73-52-50(72-53-39(9)36(6)35(5)33-68-53)40(10)49(41(11)65)71-55(52)70-47-26-27-58(14)45(59(47,15)34-64)25-28-60(16)46(58)24-23-42-43-31-57(12,13)29-30-62(43,56(63)66)48(67-18)32-61(42,60)17/h23,34-40,43-55H,19-22,24-33H2,1-18H3/t35-,36-,37+,38+,39?,40-,43?,44?,45-,46?,47+,48?,49?,50+,51?,52?,53+,54+,55-,58?,59-,60+,61-,62-/m1/s1. The summed E-state index contributed by atoms with van der Waals surface area (Å²) in [6, 6.07) is 2.96. The summed E-state index contributed by atoms with van der Waals surface area (Å²) in [7, 11) is -0.401. The lowest BCUT2D eigenvalue weighted by Crippen LogP contribution is -2.68. The minimum atomic E-state index is -2.18. The molecule has 428 valence electrons. The van der Waals surface area contributed by atoms with E-state index in [2.05, 4.69) is 110 Å². The number of ketones is 1. The Labute approximate surface area is 459 Å². The van der Waals surface area contributed by atoms with Crippen molar-refractivity contribution in [2.45, 2.75) is 262 Å². The molecule has 8 rings (SSSR count). The number of fused-ring (bicyclic) bond motifs is 7. The molecule has 0 aromatic carbocycles. The first-order chi connectivity index (χ1) is 35.2. The monoisotopic (exact) mass is 1090 g/mol. The van der Waals surface area contributed by atoms with Crippen LogP contribution in [0, 0.1) is 85.8 Å². The Balaban J connectivity index is 1.16. The molecule has 3 aliphatic heterocycles. The highest BCUT2D eigenvalue weighted by Crippen LogP contribution is 2.76. The summed E-state index contributed by atoms with van der Waals surface area (Å²) in [5, 5.41) is -0.250. The summed E-state index contributed by atoms with van der Waals surface area (Å²) >= 11 is 6.76. The Morgan fingerprint density at radius 2 is 1.39 bits per heavy atom. The minimum Gasteiger partial charge on any atom is -0.408 e. The molecule has 0 bridgehead atoms. The van der Waals surface area contributed by atoms with Gasteiger partial charge in [-0.25, -0.2) is 0 Å². The lowest BCUT2D eigenvalue weighted by molar-refractivity contribution is -0.376. The van der Waals surface area contributed by atoms with E-state index >= 15 is 0 Å². The fraction of sp³-hybridized carbons (Fsp3) is 0.919. The smallest absolute Gasteiger partial charge is 0.231 e. The van der Waals surface area contributed by atoms with Gasteiger partial charge in [-0.15, -0.1) is 0 Å². The van der Waals surface area contributed by atoms with Crippen molar-refractivity contribution >= 4 is 37.2 Å². The van der Waals surface area contributed by atoms with Gasteiger partial charge in [0.2, 0.25) is 5.24 Å². The van der Waals surface area contributed by atoms with Gasteiger partial charge in [-0.05, 0) is 164 Å². The Morgan fingerprint density at radius 1 is 0.733 bits per heavy atom. The topological polar surface area (TPSA) is 125 Å². The highest BCUT2D eigenvalue weighted by atomic mass is 35.5. The third kappa shape index (κ3) is 9.76. The second kappa shape index (κ2) is 22.0. The van der Waals surface area contributed by atoms with Crippen LogP contribution in [0.5, 0.6) is 0 Å². The number of methoxy groups -OCH3 is 1. The Kier molecular flexibility index (Phi) is 17.6. The summed E-state index contributed by atoms with van der Waals surface area (Å²) < 4.78 is 56.8. The molecule has 11 nitrogen and oxygen atoms in total. The molecule has 24 atom stereocenters. The SMILES string of the molecule is CCC1O[C@@H](OC2[C@H](O[C@H]3CCC4(C)C5CC=C6C7CC(C)(C)CC[C@]7(C(=O)Cl)C(OC)C[C@@]6(C)[C@@]5(C)CC[C@H]4[C@@]3(C)C=O)OC(C(C)=O)[C@@H](C)[C@@H]2O[C@@H]2OC[C@@H](C)[C@@H](C)C2C)C(O[Si](CC)(CC)CC)[C@@H](C)[C@@H]1C. The fourth-order valence-electron chi connectivity index (χ4n) is 18.2. The van der Waals surface area contributed by atoms with Crippen molar-refractivity contribution in [1.82, 2.24) is 0 Å². The van der Waals surface area contributed by atoms with Crippen LogP contribution in [0.15, 0.2) is 11.6 Å². The van der Waals surface area contributed by atoms with Crippen molar-refractivity contribution in [2.75, 3.05) is 13.7 Å². The number of carbonyl (C=O) groups is 3. The number of hydrogen-bond donors (Lipinski definition) is 0. The minimum absolute atomic E-state index is 0.00312. The zero-order valence-electron chi connectivity index (χ0n) is 49.9. The van der Waals surface area contributed by atoms with Gasteiger partial charge < -0.3 is 42.4 Å². The molecule has 13 heteroatoms. The number of allylic oxidation sites excluding steroid dienone is 2. The highest BCUT2D eigenvalue weighted by molar-refractivity contribution is 6.73. The van der Waals surface area contributed by atoms with Gasteiger partial charge >= 0.3 is 0 Å². The molecule has 0 aromatic heterocycles. The van der Waals surface area contributed by atoms with Crippen LogP contribution in [0.4, 0.5) is 0 Å². The predicted molar refractivity (Wildman–Crippen MR) is 296 cm³/mol. The summed E-state index contributed by atoms with van der Waals surface area (Å²) in [5.74, 6) is 0.882. The molecule has 0 N–H and O–H groups in total. The number of hydrogen-bond acceptors (Lipinski definition) is 11. The van der Waals surface area contributed by atoms with Crippen molar-refractivity contribution in [3.05, 3.63) is 11.6 Å². The molecule has 0 amide bonds. The van der Waals surface area contributed by atoms with Crippen molar-refractivity contribution in [1.29, 1.82) is 0 Å². The number of ether oxygens (including phenoxy) is 7. The van der Waals surface area contributed by atoms with E-state index in [-0.39, 0.29) is 86.5 Å². The highest BCUT2D eigenvalue weighted by Gasteiger charge is 2.72. The molecular weight excluding hydrogens is 984 g/mol. The number of carbonyl (C=O) groups excluding carboxylic acids is 3. The molecule has 0 aromatic rings. The van der Waals surface area contributed by atoms with E-state index in [4.69, 9.17) is 49.2 Å². The average molecular weight is 1090 g/mol. The molecule has 4 saturated carbocycles. The number of aldehydes is 1. The molecule has 0 radical (unpaired) electrons. The third-order valence-electron chi connectivity index (χ3n) is 24.3. The van der Waals surface area contributed by atoms with E-state index < -0.39 is 68.4 Å². The molecule has 0 spiro atoms. The molecule has 3 saturated heterocycles. The molecule has 3 heterocycles. The van der Waals surface area contributed by atoms with E-state index in [9.17, 15) is 14.4 Å². The molecule has 5 aliphatic carbocycles. The van der Waals surface area contributed by atoms with Crippen LogP contribution in [0.1, 0.15) is 182 Å². The molecule has 75 heavy (non-hydrogen) atoms. The van der Waals surface area contributed by atoms with E-state index in [1.54, 1.807) is 14.0 Å². The van der Waals surface area contributed by atoms with Crippen LogP contribution in [-0.2, 0) is 52.0 Å². The zero-order chi connectivity index (χ0) is 55.2. The van der Waals surface area contributed by atoms with Gasteiger partial charge in [0.1, 0.15) is 18.5 Å². The normalized spacial score (nSPS) is 49.8. The van der Waals surface area contributed by atoms with Gasteiger partial charge in [0, 0.05) is 18.9 Å². The predicted octanol–water partition coefficient (Wildman–Crippen LogP) is 13.5. The van der Waals surface area contributed by atoms with Gasteiger partial charge in [-0.2, -0.15) is 0 Å². The first kappa shape index (κ1) is 60.0. The van der Waals surface area contributed by atoms with Crippen LogP contribution >= 0.6 is 11.6 Å². The maximum atomic E-state index is 14.3. The summed E-state index contributed by atoms with van der Waals surface area (Å²) in [5.41, 5.74) is -0.754. The lowest BCUT2D eigenvalue weighted by Gasteiger charge is -2.71. The summed E-state index contributed by atoms with van der Waals surface area (Å²) in [4.78, 5) is 42.1. The Hall–Kier alpha value is -1.06. The van der Waals surface area contributed by atoms with Crippen LogP contribution in [0.3, 0.4) is 0 Å². The van der Waals surface area contributed by atoms with Crippen molar-refractivity contribution in [3.63, 3.8) is 0 Å². The van der Waals surface area contributed by atoms with E-state index in [1.807, 2.05) is 6.92 Å². The van der Waals surface area contributed by atoms with Crippen molar-refractivity contribution in [3.8, 4) is 0 Å². The summed E-state index contributed by atoms with van der Waals surface area (Å²) in [6.45, 7) is 38.6. The van der Waals surface area contributed by atoms with E-state index in [1.165, 1.54) is 11.9 Å². The summed E-state index contributed by atoms with van der Waals surface area (Å²) in [6.07, 6.45) is 5.97. The van der Waals surface area contributed by atoms with E-state index in [0.29, 0.717) is 24.9 Å². The van der Waals surface area contributed by atoms with Crippen LogP contribution in [0.2, 0.25) is 18.1 Å². The van der Waals surface area contributed by atoms with Crippen LogP contribution < -0.4 is 0 Å². The maximum Gasteiger partial charge on any atom is 0.231 e.